The van der Waals surface area contributed by atoms with Crippen molar-refractivity contribution in [2.24, 2.45) is 0 Å². The number of rotatable bonds is 3. The number of carbonyl (C=O) groups excluding carboxylic acids is 1. The molecule has 0 aliphatic carbocycles. The zero-order valence-electron chi connectivity index (χ0n) is 11.8. The number of hydrogen-bond acceptors (Lipinski definition) is 4. The summed E-state index contributed by atoms with van der Waals surface area (Å²) in [5.74, 6) is -1.31. The average Bonchev–Trinajstić information content (AvgIpc) is 2.69. The van der Waals surface area contributed by atoms with E-state index in [9.17, 15) is 22.7 Å². The predicted molar refractivity (Wildman–Crippen MR) is 74.7 cm³/mol. The van der Waals surface area contributed by atoms with Crippen LogP contribution in [0.3, 0.4) is 0 Å². The third-order valence-corrected chi connectivity index (χ3v) is 5.17. The molecule has 0 radical (unpaired) electrons. The molecule has 8 heteroatoms. The zero-order chi connectivity index (χ0) is 15.8. The predicted octanol–water partition coefficient (Wildman–Crippen LogP) is 0.930. The number of anilines is 1. The normalized spacial score (nSPS) is 23.2. The number of benzene rings is 1. The monoisotopic (exact) mass is 316 g/mol. The van der Waals surface area contributed by atoms with Crippen LogP contribution in [0.1, 0.15) is 20.3 Å². The molecule has 1 aromatic rings. The molecular formula is C13H17FN2O4S. The van der Waals surface area contributed by atoms with Gasteiger partial charge in [0.15, 0.2) is 0 Å². The van der Waals surface area contributed by atoms with E-state index in [4.69, 9.17) is 0 Å². The Balaban J connectivity index is 2.31. The van der Waals surface area contributed by atoms with E-state index in [2.05, 4.69) is 5.32 Å². The Morgan fingerprint density at radius 2 is 2.14 bits per heavy atom. The number of halogens is 1. The van der Waals surface area contributed by atoms with Gasteiger partial charge < -0.3 is 10.4 Å². The fraction of sp³-hybridized carbons (Fsp3) is 0.462. The molecule has 2 rings (SSSR count). The lowest BCUT2D eigenvalue weighted by molar-refractivity contribution is -0.114. The lowest BCUT2D eigenvalue weighted by atomic mass is 10.1. The Morgan fingerprint density at radius 3 is 2.62 bits per heavy atom. The molecule has 1 heterocycles. The molecule has 0 bridgehead atoms. The maximum atomic E-state index is 14.0. The lowest BCUT2D eigenvalue weighted by Crippen LogP contribution is -2.34. The molecule has 1 fully saturated rings. The van der Waals surface area contributed by atoms with Crippen molar-refractivity contribution in [3.63, 3.8) is 0 Å². The number of carbonyl (C=O) groups is 1. The second kappa shape index (κ2) is 5.36. The molecule has 1 amide bonds. The third-order valence-electron chi connectivity index (χ3n) is 3.29. The van der Waals surface area contributed by atoms with Gasteiger partial charge in [0.05, 0.1) is 5.60 Å². The van der Waals surface area contributed by atoms with Crippen LogP contribution in [0.2, 0.25) is 0 Å². The second-order valence-corrected chi connectivity index (χ2v) is 7.32. The Labute approximate surface area is 122 Å². The molecule has 6 nitrogen and oxygen atoms in total. The van der Waals surface area contributed by atoms with Crippen LogP contribution in [0.4, 0.5) is 10.1 Å². The van der Waals surface area contributed by atoms with Gasteiger partial charge in [-0.15, -0.1) is 0 Å². The SMILES string of the molecule is CC(=O)Nc1ccc(S(=O)(=O)N2CCC(C)(O)C2)c(F)c1. The Kier molecular flexibility index (Phi) is 4.05. The summed E-state index contributed by atoms with van der Waals surface area (Å²) in [6.45, 7) is 2.89. The number of aliphatic hydroxyl groups is 1. The van der Waals surface area contributed by atoms with Crippen LogP contribution in [0.5, 0.6) is 0 Å². The van der Waals surface area contributed by atoms with E-state index in [0.29, 0.717) is 6.42 Å². The Morgan fingerprint density at radius 1 is 1.48 bits per heavy atom. The Bertz CT molecular complexity index is 673. The third kappa shape index (κ3) is 3.39. The lowest BCUT2D eigenvalue weighted by Gasteiger charge is -2.19. The fourth-order valence-electron chi connectivity index (χ4n) is 2.24. The van der Waals surface area contributed by atoms with Gasteiger partial charge in [0.25, 0.3) is 0 Å². The quantitative estimate of drug-likeness (QED) is 0.868. The highest BCUT2D eigenvalue weighted by atomic mass is 32.2. The standard InChI is InChI=1S/C13H17FN2O4S/c1-9(17)15-10-3-4-12(11(14)7-10)21(19,20)16-6-5-13(2,18)8-16/h3-4,7,18H,5-6,8H2,1-2H3,(H,15,17). The maximum Gasteiger partial charge on any atom is 0.246 e. The largest absolute Gasteiger partial charge is 0.389 e. The van der Waals surface area contributed by atoms with Crippen LogP contribution in [0.15, 0.2) is 23.1 Å². The van der Waals surface area contributed by atoms with Gasteiger partial charge in [0, 0.05) is 25.7 Å². The van der Waals surface area contributed by atoms with Crippen molar-refractivity contribution in [3.8, 4) is 0 Å². The molecule has 21 heavy (non-hydrogen) atoms. The Hall–Kier alpha value is -1.51. The van der Waals surface area contributed by atoms with E-state index in [0.717, 1.165) is 16.4 Å². The molecular weight excluding hydrogens is 299 g/mol. The van der Waals surface area contributed by atoms with Crippen LogP contribution in [0.25, 0.3) is 0 Å². The van der Waals surface area contributed by atoms with Crippen LogP contribution in [-0.2, 0) is 14.8 Å². The van der Waals surface area contributed by atoms with Crippen LogP contribution in [-0.4, -0.2) is 42.4 Å². The highest BCUT2D eigenvalue weighted by Crippen LogP contribution is 2.28. The number of β-amino-alcohol motifs (C(OH)–C–C–N with tert-alkyl or cyclic N) is 1. The minimum Gasteiger partial charge on any atom is -0.389 e. The van der Waals surface area contributed by atoms with Crippen molar-refractivity contribution < 1.29 is 22.7 Å². The molecule has 0 spiro atoms. The highest BCUT2D eigenvalue weighted by molar-refractivity contribution is 7.89. The van der Waals surface area contributed by atoms with Crippen molar-refractivity contribution in [1.82, 2.24) is 4.31 Å². The summed E-state index contributed by atoms with van der Waals surface area (Å²) in [7, 11) is -4.00. The van der Waals surface area contributed by atoms with Crippen LogP contribution in [0, 0.1) is 5.82 Å². The zero-order valence-corrected chi connectivity index (χ0v) is 12.6. The van der Waals surface area contributed by atoms with E-state index >= 15 is 0 Å². The molecule has 0 aromatic heterocycles. The molecule has 116 valence electrons. The van der Waals surface area contributed by atoms with Gasteiger partial charge in [-0.1, -0.05) is 0 Å². The highest BCUT2D eigenvalue weighted by Gasteiger charge is 2.39. The first-order valence-corrected chi connectivity index (χ1v) is 7.85. The minimum atomic E-state index is -4.00. The summed E-state index contributed by atoms with van der Waals surface area (Å²) >= 11 is 0. The molecule has 1 aromatic carbocycles. The number of nitrogens with one attached hydrogen (secondary N) is 1. The summed E-state index contributed by atoms with van der Waals surface area (Å²) in [6.07, 6.45) is 0.303. The number of nitrogens with zero attached hydrogens (tertiary/aromatic N) is 1. The van der Waals surface area contributed by atoms with Gasteiger partial charge in [-0.3, -0.25) is 4.79 Å². The molecule has 1 aliphatic rings. The van der Waals surface area contributed by atoms with E-state index < -0.39 is 26.3 Å². The van der Waals surface area contributed by atoms with Crippen molar-refractivity contribution in [2.45, 2.75) is 30.8 Å². The number of sulfonamides is 1. The first kappa shape index (κ1) is 15.9. The molecule has 1 unspecified atom stereocenters. The summed E-state index contributed by atoms with van der Waals surface area (Å²) in [6, 6.07) is 3.40. The van der Waals surface area contributed by atoms with Gasteiger partial charge >= 0.3 is 0 Å². The molecule has 2 N–H and O–H groups in total. The second-order valence-electron chi connectivity index (χ2n) is 5.41. The van der Waals surface area contributed by atoms with Gasteiger partial charge in [0.1, 0.15) is 10.7 Å². The molecule has 1 atom stereocenters. The van der Waals surface area contributed by atoms with Gasteiger partial charge in [0.2, 0.25) is 15.9 Å². The van der Waals surface area contributed by atoms with Crippen molar-refractivity contribution in [2.75, 3.05) is 18.4 Å². The summed E-state index contributed by atoms with van der Waals surface area (Å²) in [5.41, 5.74) is -0.910. The van der Waals surface area contributed by atoms with Crippen LogP contribution >= 0.6 is 0 Å². The van der Waals surface area contributed by atoms with E-state index in [-0.39, 0.29) is 24.7 Å². The summed E-state index contributed by atoms with van der Waals surface area (Å²) in [4.78, 5) is 10.4. The fourth-order valence-corrected chi connectivity index (χ4v) is 3.84. The molecule has 0 saturated carbocycles. The maximum absolute atomic E-state index is 14.0. The number of hydrogen-bond donors (Lipinski definition) is 2. The summed E-state index contributed by atoms with van der Waals surface area (Å²) in [5, 5.41) is 12.2. The van der Waals surface area contributed by atoms with Crippen LogP contribution < -0.4 is 5.32 Å². The summed E-state index contributed by atoms with van der Waals surface area (Å²) < 4.78 is 39.8. The van der Waals surface area contributed by atoms with Crippen molar-refractivity contribution >= 4 is 21.6 Å². The van der Waals surface area contributed by atoms with Gasteiger partial charge in [-0.2, -0.15) is 4.31 Å². The van der Waals surface area contributed by atoms with Crippen molar-refractivity contribution in [3.05, 3.63) is 24.0 Å². The first-order chi connectivity index (χ1) is 9.62. The van der Waals surface area contributed by atoms with Crippen molar-refractivity contribution in [1.29, 1.82) is 0 Å². The average molecular weight is 316 g/mol. The van der Waals surface area contributed by atoms with E-state index in [1.165, 1.54) is 13.0 Å². The number of amides is 1. The van der Waals surface area contributed by atoms with E-state index in [1.807, 2.05) is 0 Å². The first-order valence-electron chi connectivity index (χ1n) is 6.41. The molecule has 1 saturated heterocycles. The minimum absolute atomic E-state index is 0.0672. The smallest absolute Gasteiger partial charge is 0.246 e. The van der Waals surface area contributed by atoms with E-state index in [1.54, 1.807) is 6.92 Å². The molecule has 1 aliphatic heterocycles. The topological polar surface area (TPSA) is 86.7 Å². The van der Waals surface area contributed by atoms with Gasteiger partial charge in [-0.25, -0.2) is 12.8 Å². The van der Waals surface area contributed by atoms with Gasteiger partial charge in [-0.05, 0) is 31.5 Å².